The SMILES string of the molecule is CS(=O)(=O)N1CCC(Nc2ncc3cc(C(F)F)c(=O)n(Cc4ccc(-c5cccc(S(=O)(=O)Cl)c5F)nc4)c3n2)CC1. The second-order valence-electron chi connectivity index (χ2n) is 9.95. The highest BCUT2D eigenvalue weighted by Gasteiger charge is 2.26. The van der Waals surface area contributed by atoms with Gasteiger partial charge in [-0.2, -0.15) is 4.98 Å². The molecule has 1 aromatic carbocycles. The Kier molecular flexibility index (Phi) is 8.48. The van der Waals surface area contributed by atoms with E-state index in [4.69, 9.17) is 10.7 Å². The van der Waals surface area contributed by atoms with Gasteiger partial charge in [0.05, 0.1) is 24.1 Å². The Balaban J connectivity index is 1.46. The molecule has 0 amide bonds. The van der Waals surface area contributed by atoms with Gasteiger partial charge < -0.3 is 5.32 Å². The molecule has 228 valence electrons. The summed E-state index contributed by atoms with van der Waals surface area (Å²) in [4.78, 5) is 25.2. The summed E-state index contributed by atoms with van der Waals surface area (Å²) in [5.41, 5.74) is -1.28. The van der Waals surface area contributed by atoms with Gasteiger partial charge in [-0.05, 0) is 42.7 Å². The molecule has 4 aromatic rings. The molecule has 11 nitrogen and oxygen atoms in total. The van der Waals surface area contributed by atoms with Crippen LogP contribution in [-0.2, 0) is 25.6 Å². The summed E-state index contributed by atoms with van der Waals surface area (Å²) in [5.74, 6) is -0.940. The quantitative estimate of drug-likeness (QED) is 0.281. The summed E-state index contributed by atoms with van der Waals surface area (Å²) < 4.78 is 91.8. The Morgan fingerprint density at radius 1 is 1.07 bits per heavy atom. The van der Waals surface area contributed by atoms with Crippen LogP contribution in [0.25, 0.3) is 22.3 Å². The number of sulfonamides is 1. The number of aromatic nitrogens is 4. The van der Waals surface area contributed by atoms with Crippen LogP contribution in [0.1, 0.15) is 30.4 Å². The Hall–Kier alpha value is -3.60. The zero-order valence-corrected chi connectivity index (χ0v) is 24.8. The van der Waals surface area contributed by atoms with Gasteiger partial charge >= 0.3 is 0 Å². The third kappa shape index (κ3) is 6.66. The molecule has 5 rings (SSSR count). The topological polar surface area (TPSA) is 144 Å². The molecule has 1 aliphatic heterocycles. The monoisotopic (exact) mass is 656 g/mol. The molecular weight excluding hydrogens is 633 g/mol. The summed E-state index contributed by atoms with van der Waals surface area (Å²) in [7, 11) is -2.34. The van der Waals surface area contributed by atoms with Crippen LogP contribution in [0.3, 0.4) is 0 Å². The number of benzene rings is 1. The minimum Gasteiger partial charge on any atom is -0.351 e. The first-order valence-corrected chi connectivity index (χ1v) is 17.0. The van der Waals surface area contributed by atoms with E-state index in [1.807, 2.05) is 0 Å². The summed E-state index contributed by atoms with van der Waals surface area (Å²) in [5, 5.41) is 3.32. The van der Waals surface area contributed by atoms with Gasteiger partial charge in [0.15, 0.2) is 5.82 Å². The second kappa shape index (κ2) is 11.8. The summed E-state index contributed by atoms with van der Waals surface area (Å²) in [6, 6.07) is 7.43. The van der Waals surface area contributed by atoms with Gasteiger partial charge in [-0.15, -0.1) is 0 Å². The highest BCUT2D eigenvalue weighted by Crippen LogP contribution is 2.28. The Bertz CT molecular complexity index is 1970. The smallest absolute Gasteiger partial charge is 0.269 e. The van der Waals surface area contributed by atoms with Gasteiger partial charge in [0.1, 0.15) is 10.5 Å². The van der Waals surface area contributed by atoms with Crippen LogP contribution in [0.2, 0.25) is 0 Å². The molecule has 1 aliphatic rings. The number of nitrogens with one attached hydrogen (secondary N) is 1. The van der Waals surface area contributed by atoms with Gasteiger partial charge in [-0.1, -0.05) is 12.1 Å². The van der Waals surface area contributed by atoms with E-state index < -0.39 is 47.3 Å². The van der Waals surface area contributed by atoms with E-state index in [0.717, 1.165) is 23.0 Å². The summed E-state index contributed by atoms with van der Waals surface area (Å²) in [6.07, 6.45) is 1.69. The first-order chi connectivity index (χ1) is 20.2. The lowest BCUT2D eigenvalue weighted by molar-refractivity contribution is 0.149. The number of pyridine rings is 2. The van der Waals surface area contributed by atoms with Crippen LogP contribution >= 0.6 is 10.7 Å². The molecule has 1 N–H and O–H groups in total. The summed E-state index contributed by atoms with van der Waals surface area (Å²) in [6.45, 7) is 0.405. The number of halogens is 4. The number of hydrogen-bond acceptors (Lipinski definition) is 9. The van der Waals surface area contributed by atoms with Crippen molar-refractivity contribution in [2.24, 2.45) is 0 Å². The number of hydrogen-bond donors (Lipinski definition) is 1. The Labute approximate surface area is 248 Å². The number of nitrogens with zero attached hydrogens (tertiary/aromatic N) is 5. The third-order valence-electron chi connectivity index (χ3n) is 7.01. The zero-order chi connectivity index (χ0) is 31.1. The fourth-order valence-corrected chi connectivity index (χ4v) is 6.62. The standard InChI is InChI=1S/C26H24ClF3N6O5S2/c1-42(38,39)35-9-7-17(8-10-35)33-26-32-13-16-11-19(23(29)30)25(37)36(24(16)34-26)14-15-5-6-20(31-12-15)18-3-2-4-21(22(18)28)43(27,40)41/h2-6,11-13,17,23H,7-10,14H2,1H3,(H,32,33,34). The van der Waals surface area contributed by atoms with E-state index in [2.05, 4.69) is 20.3 Å². The van der Waals surface area contributed by atoms with Gasteiger partial charge in [-0.25, -0.2) is 39.3 Å². The van der Waals surface area contributed by atoms with Crippen LogP contribution in [0.5, 0.6) is 0 Å². The van der Waals surface area contributed by atoms with Crippen LogP contribution in [0.15, 0.2) is 58.5 Å². The molecule has 4 heterocycles. The molecule has 0 bridgehead atoms. The van der Waals surface area contributed by atoms with Crippen molar-refractivity contribution in [2.45, 2.75) is 36.7 Å². The number of piperidine rings is 1. The molecule has 0 unspecified atom stereocenters. The van der Waals surface area contributed by atoms with Gasteiger partial charge in [0, 0.05) is 53.2 Å². The predicted molar refractivity (Wildman–Crippen MR) is 154 cm³/mol. The molecule has 43 heavy (non-hydrogen) atoms. The van der Waals surface area contributed by atoms with Gasteiger partial charge in [-0.3, -0.25) is 14.3 Å². The molecule has 0 radical (unpaired) electrons. The highest BCUT2D eigenvalue weighted by molar-refractivity contribution is 8.13. The van der Waals surface area contributed by atoms with Crippen LogP contribution in [0.4, 0.5) is 19.1 Å². The molecule has 0 spiro atoms. The van der Waals surface area contributed by atoms with E-state index in [1.165, 1.54) is 41.0 Å². The molecular formula is C26H24ClF3N6O5S2. The molecule has 1 saturated heterocycles. The number of fused-ring (bicyclic) bond motifs is 1. The first-order valence-electron chi connectivity index (χ1n) is 12.8. The maximum atomic E-state index is 14.9. The molecule has 0 saturated carbocycles. The first kappa shape index (κ1) is 30.8. The molecule has 0 aliphatic carbocycles. The van der Waals surface area contributed by atoms with Crippen molar-refractivity contribution in [1.82, 2.24) is 23.8 Å². The Morgan fingerprint density at radius 2 is 1.79 bits per heavy atom. The van der Waals surface area contributed by atoms with Crippen LogP contribution in [0, 0.1) is 5.82 Å². The lowest BCUT2D eigenvalue weighted by Crippen LogP contribution is -2.42. The van der Waals surface area contributed by atoms with Crippen molar-refractivity contribution < 1.29 is 30.0 Å². The fraction of sp³-hybridized carbons (Fsp3) is 0.308. The average molecular weight is 657 g/mol. The predicted octanol–water partition coefficient (Wildman–Crippen LogP) is 3.74. The van der Waals surface area contributed by atoms with Gasteiger partial charge in [0.25, 0.3) is 21.0 Å². The average Bonchev–Trinajstić information content (AvgIpc) is 2.94. The molecule has 17 heteroatoms. The maximum absolute atomic E-state index is 14.9. The van der Waals surface area contributed by atoms with Crippen LogP contribution in [-0.4, -0.2) is 66.0 Å². The molecule has 1 fully saturated rings. The minimum absolute atomic E-state index is 0.0793. The van der Waals surface area contributed by atoms with Crippen molar-refractivity contribution in [3.63, 3.8) is 0 Å². The van der Waals surface area contributed by atoms with E-state index in [9.17, 15) is 34.8 Å². The Morgan fingerprint density at radius 3 is 2.40 bits per heavy atom. The lowest BCUT2D eigenvalue weighted by Gasteiger charge is -2.30. The highest BCUT2D eigenvalue weighted by atomic mass is 35.7. The van der Waals surface area contributed by atoms with Crippen molar-refractivity contribution in [2.75, 3.05) is 24.7 Å². The van der Waals surface area contributed by atoms with E-state index >= 15 is 0 Å². The molecule has 0 atom stereocenters. The van der Waals surface area contributed by atoms with Crippen molar-refractivity contribution in [3.05, 3.63) is 76.1 Å². The zero-order valence-electron chi connectivity index (χ0n) is 22.4. The van der Waals surface area contributed by atoms with Crippen LogP contribution < -0.4 is 10.9 Å². The summed E-state index contributed by atoms with van der Waals surface area (Å²) >= 11 is 0. The van der Waals surface area contributed by atoms with Gasteiger partial charge in [0.2, 0.25) is 16.0 Å². The molecule has 3 aromatic heterocycles. The minimum atomic E-state index is -4.34. The largest absolute Gasteiger partial charge is 0.351 e. The second-order valence-corrected chi connectivity index (χ2v) is 14.5. The number of rotatable bonds is 8. The fourth-order valence-electron chi connectivity index (χ4n) is 4.83. The maximum Gasteiger partial charge on any atom is 0.269 e. The normalized spacial score (nSPS) is 15.3. The van der Waals surface area contributed by atoms with Crippen molar-refractivity contribution >= 4 is 46.7 Å². The van der Waals surface area contributed by atoms with E-state index in [0.29, 0.717) is 31.5 Å². The van der Waals surface area contributed by atoms with Crippen molar-refractivity contribution in [1.29, 1.82) is 0 Å². The van der Waals surface area contributed by atoms with E-state index in [-0.39, 0.29) is 40.8 Å². The third-order valence-corrected chi connectivity index (χ3v) is 9.66. The lowest BCUT2D eigenvalue weighted by atomic mass is 10.1. The van der Waals surface area contributed by atoms with E-state index in [1.54, 1.807) is 0 Å². The van der Waals surface area contributed by atoms with Crippen molar-refractivity contribution in [3.8, 4) is 11.3 Å². The number of alkyl halides is 2. The number of anilines is 1.